The monoisotopic (exact) mass is 301 g/mol. The number of rotatable bonds is 7. The first kappa shape index (κ1) is 13.6. The van der Waals surface area contributed by atoms with Gasteiger partial charge in [-0.3, -0.25) is 0 Å². The summed E-state index contributed by atoms with van der Waals surface area (Å²) >= 11 is 2.21. The molecule has 0 rings (SSSR count). The fourth-order valence-electron chi connectivity index (χ4n) is 1.14. The van der Waals surface area contributed by atoms with Gasteiger partial charge >= 0.3 is 0 Å². The molecule has 0 aromatic rings. The molecule has 0 fully saturated rings. The fraction of sp³-hybridized carbons (Fsp3) is 1.00. The van der Waals surface area contributed by atoms with Gasteiger partial charge in [-0.25, -0.2) is 0 Å². The quantitative estimate of drug-likeness (QED) is 0.334. The second-order valence-electron chi connectivity index (χ2n) is 3.92. The highest BCUT2D eigenvalue weighted by atomic mass is 127. The summed E-state index contributed by atoms with van der Waals surface area (Å²) in [5, 5.41) is 10.9. The van der Waals surface area contributed by atoms with Crippen LogP contribution in [0.2, 0.25) is 0 Å². The van der Waals surface area contributed by atoms with E-state index in [0.29, 0.717) is 6.54 Å². The number of hydroxylamine groups is 2. The number of ether oxygens (including phenoxy) is 1. The van der Waals surface area contributed by atoms with E-state index in [-0.39, 0.29) is 10.7 Å². The van der Waals surface area contributed by atoms with Crippen LogP contribution < -0.4 is 5.06 Å². The molecule has 0 radical (unpaired) electrons. The maximum absolute atomic E-state index is 10.7. The van der Waals surface area contributed by atoms with Crippen molar-refractivity contribution in [1.82, 2.24) is 0 Å². The Bertz CT molecular complexity index is 129. The topological polar surface area (TPSA) is 36.7 Å². The molecule has 4 heteroatoms. The Hall–Kier alpha value is 0.610. The molecule has 0 amide bonds. The van der Waals surface area contributed by atoms with Crippen LogP contribution in [-0.2, 0) is 4.74 Å². The van der Waals surface area contributed by atoms with Gasteiger partial charge in [-0.05, 0) is 33.1 Å². The molecule has 0 spiro atoms. The Kier molecular flexibility index (Phi) is 7.30. The van der Waals surface area contributed by atoms with E-state index in [2.05, 4.69) is 36.4 Å². The van der Waals surface area contributed by atoms with Crippen molar-refractivity contribution in [3.63, 3.8) is 0 Å². The van der Waals surface area contributed by atoms with Gasteiger partial charge < -0.3 is 15.0 Å². The zero-order valence-electron chi connectivity index (χ0n) is 8.73. The Balaban J connectivity index is 3.40. The van der Waals surface area contributed by atoms with E-state index in [9.17, 15) is 5.21 Å². The highest BCUT2D eigenvalue weighted by Gasteiger charge is 2.16. The van der Waals surface area contributed by atoms with Gasteiger partial charge in [0.2, 0.25) is 0 Å². The van der Waals surface area contributed by atoms with E-state index in [4.69, 9.17) is 4.74 Å². The lowest BCUT2D eigenvalue weighted by molar-refractivity contribution is -0.826. The summed E-state index contributed by atoms with van der Waals surface area (Å²) in [6.45, 7) is 4.90. The van der Waals surface area contributed by atoms with Gasteiger partial charge in [-0.2, -0.15) is 0 Å². The smallest absolute Gasteiger partial charge is 0.0986 e. The Labute approximate surface area is 94.5 Å². The number of quaternary nitrogens is 1. The summed E-state index contributed by atoms with van der Waals surface area (Å²) in [6, 6.07) is 0. The van der Waals surface area contributed by atoms with E-state index in [1.807, 2.05) is 0 Å². The van der Waals surface area contributed by atoms with E-state index < -0.39 is 0 Å². The van der Waals surface area contributed by atoms with Crippen molar-refractivity contribution >= 4 is 22.6 Å². The number of hydrogen-bond donors (Lipinski definition) is 1. The van der Waals surface area contributed by atoms with Crippen LogP contribution in [0.3, 0.4) is 0 Å². The molecule has 0 aliphatic carbocycles. The van der Waals surface area contributed by atoms with Crippen LogP contribution in [0.1, 0.15) is 33.1 Å². The minimum absolute atomic E-state index is 0.0298. The van der Waals surface area contributed by atoms with Crippen molar-refractivity contribution in [2.24, 2.45) is 0 Å². The van der Waals surface area contributed by atoms with Gasteiger partial charge in [0.25, 0.3) is 0 Å². The molecule has 0 aromatic heterocycles. The average Bonchev–Trinajstić information content (AvgIpc) is 1.98. The molecule has 1 unspecified atom stereocenters. The van der Waals surface area contributed by atoms with Crippen LogP contribution in [0, 0.1) is 5.21 Å². The molecule has 0 heterocycles. The third-order valence-corrected chi connectivity index (χ3v) is 2.31. The molecule has 1 atom stereocenters. The highest BCUT2D eigenvalue weighted by molar-refractivity contribution is 14.1. The minimum Gasteiger partial charge on any atom is -0.634 e. The summed E-state index contributed by atoms with van der Waals surface area (Å²) < 4.78 is 6.27. The molecule has 0 aliphatic rings. The van der Waals surface area contributed by atoms with Crippen LogP contribution in [0.25, 0.3) is 0 Å². The molecular formula is C9H20INO2. The van der Waals surface area contributed by atoms with Crippen LogP contribution in [0.4, 0.5) is 0 Å². The molecule has 0 saturated carbocycles. The first-order valence-corrected chi connectivity index (χ1v) is 6.20. The third kappa shape index (κ3) is 8.93. The number of alkyl halides is 1. The molecular weight excluding hydrogens is 281 g/mol. The van der Waals surface area contributed by atoms with Gasteiger partial charge in [0.15, 0.2) is 0 Å². The number of unbranched alkanes of at least 4 members (excludes halogenated alkanes) is 1. The van der Waals surface area contributed by atoms with Crippen LogP contribution in [-0.4, -0.2) is 23.8 Å². The van der Waals surface area contributed by atoms with Gasteiger partial charge in [-0.15, -0.1) is 0 Å². The molecule has 3 nitrogen and oxygen atoms in total. The van der Waals surface area contributed by atoms with E-state index >= 15 is 0 Å². The van der Waals surface area contributed by atoms with Gasteiger partial charge in [-0.1, -0.05) is 22.6 Å². The first-order chi connectivity index (χ1) is 5.98. The lowest BCUT2D eigenvalue weighted by atomic mass is 10.0. The number of hydrogen-bond acceptors (Lipinski definition) is 2. The average molecular weight is 301 g/mol. The van der Waals surface area contributed by atoms with Crippen molar-refractivity contribution in [2.75, 3.05) is 18.2 Å². The summed E-state index contributed by atoms with van der Waals surface area (Å²) in [5.74, 6) is 0. The number of nitrogens with one attached hydrogen (secondary N) is 1. The molecule has 1 N–H and O–H groups in total. The maximum Gasteiger partial charge on any atom is 0.0986 e. The molecule has 80 valence electrons. The number of halogens is 1. The van der Waals surface area contributed by atoms with Gasteiger partial charge in [0.05, 0.1) is 23.8 Å². The molecule has 0 saturated heterocycles. The summed E-state index contributed by atoms with van der Waals surface area (Å²) in [4.78, 5) is 0. The van der Waals surface area contributed by atoms with Gasteiger partial charge in [0.1, 0.15) is 0 Å². The van der Waals surface area contributed by atoms with E-state index in [1.54, 1.807) is 7.05 Å². The van der Waals surface area contributed by atoms with Crippen molar-refractivity contribution in [3.05, 3.63) is 5.21 Å². The van der Waals surface area contributed by atoms with E-state index in [0.717, 1.165) is 23.9 Å². The van der Waals surface area contributed by atoms with Crippen molar-refractivity contribution in [3.8, 4) is 0 Å². The van der Waals surface area contributed by atoms with Crippen LogP contribution in [0.5, 0.6) is 0 Å². The third-order valence-electron chi connectivity index (χ3n) is 2.00. The summed E-state index contributed by atoms with van der Waals surface area (Å²) in [6.07, 6.45) is 3.09. The largest absolute Gasteiger partial charge is 0.634 e. The second-order valence-corrected chi connectivity index (χ2v) is 4.55. The predicted octanol–water partition coefficient (Wildman–Crippen LogP) is 1.36. The minimum atomic E-state index is -0.0298. The van der Waals surface area contributed by atoms with Crippen LogP contribution >= 0.6 is 22.6 Å². The molecule has 0 bridgehead atoms. The van der Waals surface area contributed by atoms with Crippen molar-refractivity contribution < 1.29 is 9.80 Å². The summed E-state index contributed by atoms with van der Waals surface area (Å²) in [5.41, 5.74) is -0.0298. The standard InChI is InChI=1S/C9H20INO2/c1-9(2,13-8-10)6-4-5-7-11(3)12/h11H,4-8H2,1-3H3. The lowest BCUT2D eigenvalue weighted by Gasteiger charge is -2.24. The van der Waals surface area contributed by atoms with Crippen molar-refractivity contribution in [1.29, 1.82) is 0 Å². The molecule has 0 aromatic carbocycles. The zero-order chi connectivity index (χ0) is 10.3. The SMILES string of the molecule is C[NH+]([O-])CCCCC(C)(C)OCI. The van der Waals surface area contributed by atoms with Gasteiger partial charge in [0, 0.05) is 0 Å². The van der Waals surface area contributed by atoms with E-state index in [1.165, 1.54) is 0 Å². The Morgan fingerprint density at radius 3 is 2.46 bits per heavy atom. The Morgan fingerprint density at radius 1 is 1.38 bits per heavy atom. The zero-order valence-corrected chi connectivity index (χ0v) is 10.9. The maximum atomic E-state index is 10.7. The predicted molar refractivity (Wildman–Crippen MR) is 63.0 cm³/mol. The first-order valence-electron chi connectivity index (χ1n) is 4.67. The van der Waals surface area contributed by atoms with Crippen LogP contribution in [0.15, 0.2) is 0 Å². The van der Waals surface area contributed by atoms with Crippen molar-refractivity contribution in [2.45, 2.75) is 38.7 Å². The normalized spacial score (nSPS) is 14.5. The lowest BCUT2D eigenvalue weighted by Crippen LogP contribution is -3.03. The molecule has 0 aliphatic heterocycles. The highest BCUT2D eigenvalue weighted by Crippen LogP contribution is 2.18. The molecule has 13 heavy (non-hydrogen) atoms. The summed E-state index contributed by atoms with van der Waals surface area (Å²) in [7, 11) is 1.65. The fourth-order valence-corrected chi connectivity index (χ4v) is 1.99. The Morgan fingerprint density at radius 2 is 2.00 bits per heavy atom. The second kappa shape index (κ2) is 6.98.